The van der Waals surface area contributed by atoms with Gasteiger partial charge in [0.05, 0.1) is 14.0 Å². The molecule has 0 amide bonds. The molecule has 0 bridgehead atoms. The van der Waals surface area contributed by atoms with E-state index in [9.17, 15) is 0 Å². The molecule has 15 heavy (non-hydrogen) atoms. The zero-order valence-electron chi connectivity index (χ0n) is 9.90. The van der Waals surface area contributed by atoms with E-state index >= 15 is 0 Å². The minimum atomic E-state index is -0.126. The van der Waals surface area contributed by atoms with Gasteiger partial charge in [0.1, 0.15) is 0 Å². The molecule has 0 saturated heterocycles. The Morgan fingerprint density at radius 2 is 1.27 bits per heavy atom. The predicted octanol–water partition coefficient (Wildman–Crippen LogP) is 5.40. The molecule has 0 aromatic carbocycles. The summed E-state index contributed by atoms with van der Waals surface area (Å²) >= 11 is 11.3. The lowest BCUT2D eigenvalue weighted by Crippen LogP contribution is -1.99. The fourth-order valence-electron chi connectivity index (χ4n) is 1.65. The van der Waals surface area contributed by atoms with Crippen molar-refractivity contribution in [3.8, 4) is 0 Å². The van der Waals surface area contributed by atoms with Crippen LogP contribution >= 0.6 is 23.2 Å². The Morgan fingerprint density at radius 3 is 1.73 bits per heavy atom. The minimum Gasteiger partial charge on any atom is -0.110 e. The highest BCUT2D eigenvalue weighted by Crippen LogP contribution is 2.11. The molecule has 0 spiro atoms. The lowest BCUT2D eigenvalue weighted by molar-refractivity contribution is 0.572. The van der Waals surface area contributed by atoms with Gasteiger partial charge in [0.15, 0.2) is 0 Å². The molecule has 2 radical (unpaired) electrons. The topological polar surface area (TPSA) is 0 Å². The largest absolute Gasteiger partial charge is 0.110 e. The van der Waals surface area contributed by atoms with E-state index in [1.54, 1.807) is 0 Å². The van der Waals surface area contributed by atoms with Crippen LogP contribution in [0.1, 0.15) is 64.7 Å². The molecule has 0 aliphatic carbocycles. The second-order valence-electron chi connectivity index (χ2n) is 4.08. The molecular weight excluding hydrogens is 243 g/mol. The summed E-state index contributed by atoms with van der Waals surface area (Å²) in [6.07, 6.45) is 12.5. The van der Waals surface area contributed by atoms with Crippen molar-refractivity contribution in [3.05, 3.63) is 0 Å². The van der Waals surface area contributed by atoms with Gasteiger partial charge in [-0.25, -0.2) is 0 Å². The number of hydrogen-bond acceptors (Lipinski definition) is 0. The van der Waals surface area contributed by atoms with Crippen molar-refractivity contribution in [1.82, 2.24) is 0 Å². The molecule has 0 rings (SSSR count). The second-order valence-corrected chi connectivity index (χ2v) is 7.40. The molecule has 0 N–H and O–H groups in total. The summed E-state index contributed by atoms with van der Waals surface area (Å²) in [6.45, 7) is 2.27. The van der Waals surface area contributed by atoms with Gasteiger partial charge < -0.3 is 0 Å². The molecular formula is C12H24Cl2Si. The number of unbranched alkanes of at least 4 members (excludes halogenated alkanes) is 8. The van der Waals surface area contributed by atoms with Crippen LogP contribution in [-0.2, 0) is 0 Å². The molecule has 0 unspecified atom stereocenters. The van der Waals surface area contributed by atoms with Gasteiger partial charge >= 0.3 is 0 Å². The van der Waals surface area contributed by atoms with Crippen LogP contribution in [0.3, 0.4) is 0 Å². The van der Waals surface area contributed by atoms with Crippen molar-refractivity contribution in [2.45, 2.75) is 75.2 Å². The van der Waals surface area contributed by atoms with Crippen molar-refractivity contribution in [1.29, 1.82) is 0 Å². The van der Waals surface area contributed by atoms with Crippen LogP contribution < -0.4 is 0 Å². The molecule has 0 heterocycles. The number of rotatable bonds is 11. The molecule has 90 valence electrons. The zero-order chi connectivity index (χ0) is 11.4. The molecule has 0 atom stereocenters. The Hall–Kier alpha value is 0.797. The highest BCUT2D eigenvalue weighted by molar-refractivity contribution is 6.68. The SMILES string of the molecule is CCCCCCCCCCC[Si]C(Cl)Cl. The maximum atomic E-state index is 5.67. The van der Waals surface area contributed by atoms with Gasteiger partial charge in [-0.3, -0.25) is 0 Å². The van der Waals surface area contributed by atoms with Crippen molar-refractivity contribution >= 4 is 32.7 Å². The normalized spacial score (nSPS) is 11.2. The summed E-state index contributed by atoms with van der Waals surface area (Å²) in [7, 11) is 0.732. The first-order valence-corrected chi connectivity index (χ1v) is 8.44. The van der Waals surface area contributed by atoms with Gasteiger partial charge in [-0.1, -0.05) is 70.8 Å². The van der Waals surface area contributed by atoms with Gasteiger partial charge in [0, 0.05) is 0 Å². The first-order chi connectivity index (χ1) is 7.27. The van der Waals surface area contributed by atoms with E-state index in [4.69, 9.17) is 23.2 Å². The minimum absolute atomic E-state index is 0.126. The number of hydrogen-bond donors (Lipinski definition) is 0. The third-order valence-electron chi connectivity index (χ3n) is 2.58. The van der Waals surface area contributed by atoms with E-state index in [1.165, 1.54) is 63.8 Å². The van der Waals surface area contributed by atoms with E-state index in [0.29, 0.717) is 0 Å². The lowest BCUT2D eigenvalue weighted by Gasteiger charge is -2.02. The summed E-state index contributed by atoms with van der Waals surface area (Å²) in [4.78, 5) is 0. The van der Waals surface area contributed by atoms with Gasteiger partial charge in [-0.2, -0.15) is 0 Å². The van der Waals surface area contributed by atoms with Gasteiger partial charge in [-0.05, 0) is 0 Å². The Bertz CT molecular complexity index is 118. The van der Waals surface area contributed by atoms with Crippen molar-refractivity contribution in [3.63, 3.8) is 0 Å². The van der Waals surface area contributed by atoms with Crippen molar-refractivity contribution in [2.24, 2.45) is 0 Å². The van der Waals surface area contributed by atoms with Crippen LogP contribution in [0, 0.1) is 0 Å². The third-order valence-corrected chi connectivity index (χ3v) is 4.46. The summed E-state index contributed by atoms with van der Waals surface area (Å²) in [6, 6.07) is 1.22. The monoisotopic (exact) mass is 266 g/mol. The van der Waals surface area contributed by atoms with Crippen LogP contribution in [-0.4, -0.2) is 14.0 Å². The highest BCUT2D eigenvalue weighted by atomic mass is 35.5. The van der Waals surface area contributed by atoms with Crippen LogP contribution in [0.25, 0.3) is 0 Å². The first kappa shape index (κ1) is 15.8. The Kier molecular flexibility index (Phi) is 13.5. The highest BCUT2D eigenvalue weighted by Gasteiger charge is 1.99. The summed E-state index contributed by atoms with van der Waals surface area (Å²) in [5.41, 5.74) is 0. The molecule has 0 aromatic heterocycles. The fourth-order valence-corrected chi connectivity index (χ4v) is 2.97. The molecule has 0 aromatic rings. The predicted molar refractivity (Wildman–Crippen MR) is 73.3 cm³/mol. The Balaban J connectivity index is 2.87. The average molecular weight is 267 g/mol. The van der Waals surface area contributed by atoms with Crippen molar-refractivity contribution < 1.29 is 0 Å². The molecule has 0 saturated carbocycles. The van der Waals surface area contributed by atoms with E-state index in [2.05, 4.69) is 6.92 Å². The fraction of sp³-hybridized carbons (Fsp3) is 1.00. The van der Waals surface area contributed by atoms with E-state index in [0.717, 1.165) is 9.52 Å². The Labute approximate surface area is 108 Å². The number of alkyl halides is 2. The molecule has 0 nitrogen and oxygen atoms in total. The lowest BCUT2D eigenvalue weighted by atomic mass is 10.1. The molecule has 0 fully saturated rings. The molecule has 3 heteroatoms. The van der Waals surface area contributed by atoms with E-state index in [-0.39, 0.29) is 4.46 Å². The van der Waals surface area contributed by atoms with Gasteiger partial charge in [-0.15, -0.1) is 23.2 Å². The van der Waals surface area contributed by atoms with Gasteiger partial charge in [0.2, 0.25) is 0 Å². The molecule has 0 aliphatic rings. The van der Waals surface area contributed by atoms with E-state index in [1.807, 2.05) is 0 Å². The maximum absolute atomic E-state index is 5.67. The van der Waals surface area contributed by atoms with Crippen LogP contribution in [0.15, 0.2) is 0 Å². The van der Waals surface area contributed by atoms with Crippen LogP contribution in [0.5, 0.6) is 0 Å². The summed E-state index contributed by atoms with van der Waals surface area (Å²) in [5, 5.41) is 0. The van der Waals surface area contributed by atoms with Crippen LogP contribution in [0.4, 0.5) is 0 Å². The third kappa shape index (κ3) is 14.8. The quantitative estimate of drug-likeness (QED) is 0.267. The summed E-state index contributed by atoms with van der Waals surface area (Å²) < 4.78 is -0.126. The Morgan fingerprint density at radius 1 is 0.800 bits per heavy atom. The average Bonchev–Trinajstić information content (AvgIpc) is 2.20. The maximum Gasteiger partial charge on any atom is 0.0929 e. The van der Waals surface area contributed by atoms with Crippen LogP contribution in [0.2, 0.25) is 6.04 Å². The zero-order valence-corrected chi connectivity index (χ0v) is 12.4. The standard InChI is InChI=1S/C12H24Cl2Si/c1-2-3-4-5-6-7-8-9-10-11-15-12(13)14/h12H,2-11H2,1H3. The smallest absolute Gasteiger partial charge is 0.0929 e. The van der Waals surface area contributed by atoms with Crippen molar-refractivity contribution in [2.75, 3.05) is 0 Å². The molecule has 0 aliphatic heterocycles. The second kappa shape index (κ2) is 12.9. The summed E-state index contributed by atoms with van der Waals surface area (Å²) in [5.74, 6) is 0. The van der Waals surface area contributed by atoms with Gasteiger partial charge in [0.25, 0.3) is 0 Å². The van der Waals surface area contributed by atoms with E-state index < -0.39 is 0 Å². The number of halogens is 2. The first-order valence-electron chi connectivity index (χ1n) is 6.29.